The van der Waals surface area contributed by atoms with Gasteiger partial charge in [0.1, 0.15) is 11.6 Å². The molecule has 5 rings (SSSR count). The van der Waals surface area contributed by atoms with Crippen molar-refractivity contribution in [3.05, 3.63) is 80.4 Å². The van der Waals surface area contributed by atoms with Crippen LogP contribution >= 0.6 is 0 Å². The molecule has 210 valence electrons. The first-order valence-corrected chi connectivity index (χ1v) is 13.6. The minimum atomic E-state index is -0.966. The van der Waals surface area contributed by atoms with Crippen LogP contribution in [0.2, 0.25) is 0 Å². The van der Waals surface area contributed by atoms with E-state index in [4.69, 9.17) is 9.47 Å². The largest absolute Gasteiger partial charge is 0.496 e. The van der Waals surface area contributed by atoms with Gasteiger partial charge in [-0.05, 0) is 115 Å². The molecule has 0 unspecified atom stereocenters. The number of fused-ring (bicyclic) bond motifs is 2. The highest BCUT2D eigenvalue weighted by molar-refractivity contribution is 5.97. The van der Waals surface area contributed by atoms with Gasteiger partial charge in [-0.3, -0.25) is 9.59 Å². The van der Waals surface area contributed by atoms with Gasteiger partial charge in [0.05, 0.1) is 25.7 Å². The van der Waals surface area contributed by atoms with Crippen molar-refractivity contribution in [1.29, 1.82) is 0 Å². The van der Waals surface area contributed by atoms with Crippen LogP contribution in [-0.4, -0.2) is 48.7 Å². The molecule has 0 saturated carbocycles. The monoisotopic (exact) mass is 549 g/mol. The van der Waals surface area contributed by atoms with Crippen LogP contribution in [0.1, 0.15) is 55.7 Å². The maximum atomic E-state index is 15.3. The summed E-state index contributed by atoms with van der Waals surface area (Å²) in [5.74, 6) is -1.65. The van der Waals surface area contributed by atoms with E-state index in [2.05, 4.69) is 0 Å². The Bertz CT molecular complexity index is 1530. The van der Waals surface area contributed by atoms with Gasteiger partial charge in [-0.15, -0.1) is 0 Å². The first-order valence-electron chi connectivity index (χ1n) is 13.6. The average molecular weight is 550 g/mol. The second kappa shape index (κ2) is 10.9. The molecule has 2 heterocycles. The molecule has 6 nitrogen and oxygen atoms in total. The highest BCUT2D eigenvalue weighted by atomic mass is 19.1. The summed E-state index contributed by atoms with van der Waals surface area (Å²) in [5, 5.41) is 9.85. The fourth-order valence-corrected chi connectivity index (χ4v) is 6.36. The number of rotatable bonds is 5. The second-order valence-electron chi connectivity index (χ2n) is 10.6. The van der Waals surface area contributed by atoms with E-state index in [9.17, 15) is 19.1 Å². The van der Waals surface area contributed by atoms with E-state index in [1.807, 2.05) is 20.8 Å². The molecule has 0 radical (unpaired) electrons. The Labute approximate surface area is 232 Å². The minimum Gasteiger partial charge on any atom is -0.496 e. The summed E-state index contributed by atoms with van der Waals surface area (Å²) in [6.07, 6.45) is 2.34. The smallest absolute Gasteiger partial charge is 0.307 e. The number of carbonyl (C=O) groups excluding carboxylic acids is 1. The van der Waals surface area contributed by atoms with Crippen molar-refractivity contribution in [2.75, 3.05) is 26.8 Å². The zero-order chi connectivity index (χ0) is 28.7. The van der Waals surface area contributed by atoms with Crippen LogP contribution in [0.3, 0.4) is 0 Å². The van der Waals surface area contributed by atoms with E-state index in [1.165, 1.54) is 31.4 Å². The van der Waals surface area contributed by atoms with Crippen LogP contribution in [0.4, 0.5) is 8.78 Å². The van der Waals surface area contributed by atoms with E-state index < -0.39 is 17.6 Å². The number of halogens is 2. The van der Waals surface area contributed by atoms with Crippen LogP contribution in [-0.2, 0) is 30.5 Å². The molecule has 3 aromatic carbocycles. The van der Waals surface area contributed by atoms with Crippen molar-refractivity contribution in [3.63, 3.8) is 0 Å². The molecule has 0 fully saturated rings. The fourth-order valence-electron chi connectivity index (χ4n) is 6.36. The molecule has 2 aliphatic heterocycles. The third-order valence-electron chi connectivity index (χ3n) is 8.38. The third-order valence-corrected chi connectivity index (χ3v) is 8.38. The maximum absolute atomic E-state index is 15.3. The molecule has 0 spiro atoms. The van der Waals surface area contributed by atoms with Gasteiger partial charge >= 0.3 is 5.97 Å². The van der Waals surface area contributed by atoms with Crippen LogP contribution in [0.15, 0.2) is 24.3 Å². The van der Waals surface area contributed by atoms with Crippen LogP contribution in [0, 0.1) is 32.4 Å². The van der Waals surface area contributed by atoms with Gasteiger partial charge in [0, 0.05) is 18.7 Å². The summed E-state index contributed by atoms with van der Waals surface area (Å²) in [5.41, 5.74) is 7.78. The number of carbonyl (C=O) groups is 2. The highest BCUT2D eigenvalue weighted by Gasteiger charge is 2.29. The van der Waals surface area contributed by atoms with Crippen molar-refractivity contribution in [1.82, 2.24) is 4.90 Å². The molecule has 8 heteroatoms. The standard InChI is InChI=1S/C32H33F2NO5/c1-17-21-9-11-35(32(38)26-14-20(33)7-8-28(26)39-4)12-10-22(21)19(3)30(25(17)16-29(36)37)24-15-27(34)31-23(18(24)2)6-5-13-40-31/h7-8,14-15H,5-6,9-13,16H2,1-4H3,(H,36,37). The van der Waals surface area contributed by atoms with Crippen molar-refractivity contribution >= 4 is 11.9 Å². The number of hydrogen-bond acceptors (Lipinski definition) is 4. The van der Waals surface area contributed by atoms with E-state index in [-0.39, 0.29) is 17.9 Å². The van der Waals surface area contributed by atoms with Crippen LogP contribution < -0.4 is 9.47 Å². The normalized spacial score (nSPS) is 14.6. The molecule has 0 aliphatic carbocycles. The Kier molecular flexibility index (Phi) is 7.53. The molecular formula is C32H33F2NO5. The first kappa shape index (κ1) is 27.6. The highest BCUT2D eigenvalue weighted by Crippen LogP contribution is 2.43. The molecule has 3 aromatic rings. The number of carboxylic acid groups (broad SMARTS) is 1. The minimum absolute atomic E-state index is 0.163. The van der Waals surface area contributed by atoms with Gasteiger partial charge in [0.25, 0.3) is 5.91 Å². The lowest BCUT2D eigenvalue weighted by molar-refractivity contribution is -0.136. The Morgan fingerprint density at radius 1 is 0.975 bits per heavy atom. The number of nitrogens with zero attached hydrogens (tertiary/aromatic N) is 1. The lowest BCUT2D eigenvalue weighted by atomic mass is 9.80. The van der Waals surface area contributed by atoms with Crippen LogP contribution in [0.25, 0.3) is 11.1 Å². The van der Waals surface area contributed by atoms with Crippen molar-refractivity contribution in [2.45, 2.75) is 52.9 Å². The number of ether oxygens (including phenoxy) is 2. The third kappa shape index (κ3) is 4.80. The lowest BCUT2D eigenvalue weighted by Crippen LogP contribution is -2.33. The second-order valence-corrected chi connectivity index (χ2v) is 10.6. The Morgan fingerprint density at radius 2 is 1.68 bits per heavy atom. The van der Waals surface area contributed by atoms with Gasteiger partial charge < -0.3 is 19.5 Å². The molecule has 0 aromatic heterocycles. The predicted molar refractivity (Wildman–Crippen MR) is 147 cm³/mol. The van der Waals surface area contributed by atoms with Gasteiger partial charge in [-0.25, -0.2) is 8.78 Å². The summed E-state index contributed by atoms with van der Waals surface area (Å²) in [4.78, 5) is 27.2. The van der Waals surface area contributed by atoms with E-state index >= 15 is 4.39 Å². The zero-order valence-electron chi connectivity index (χ0n) is 23.2. The number of amides is 1. The molecular weight excluding hydrogens is 516 g/mol. The van der Waals surface area contributed by atoms with Gasteiger partial charge in [-0.1, -0.05) is 0 Å². The van der Waals surface area contributed by atoms with E-state index in [1.54, 1.807) is 4.90 Å². The average Bonchev–Trinajstić information content (AvgIpc) is 3.17. The SMILES string of the molecule is COc1ccc(F)cc1C(=O)N1CCc2c(C)c(CC(=O)O)c(-c3cc(F)c4c(c3C)CCCO4)c(C)c2CC1. The summed E-state index contributed by atoms with van der Waals surface area (Å²) in [6.45, 7) is 7.08. The van der Waals surface area contributed by atoms with Crippen LogP contribution in [0.5, 0.6) is 11.5 Å². The molecule has 1 N–H and O–H groups in total. The van der Waals surface area contributed by atoms with Gasteiger partial charge in [-0.2, -0.15) is 0 Å². The molecule has 40 heavy (non-hydrogen) atoms. The number of aliphatic carboxylic acids is 1. The Morgan fingerprint density at radius 3 is 2.35 bits per heavy atom. The molecule has 2 aliphatic rings. The van der Waals surface area contributed by atoms with E-state index in [0.717, 1.165) is 45.4 Å². The summed E-state index contributed by atoms with van der Waals surface area (Å²) in [6, 6.07) is 5.36. The number of carboxylic acids is 1. The summed E-state index contributed by atoms with van der Waals surface area (Å²) in [7, 11) is 1.44. The molecule has 0 bridgehead atoms. The van der Waals surface area contributed by atoms with Gasteiger partial charge in [0.15, 0.2) is 11.6 Å². The molecule has 0 saturated heterocycles. The Balaban J connectivity index is 1.61. The number of methoxy groups -OCH3 is 1. The van der Waals surface area contributed by atoms with Crippen molar-refractivity contribution < 1.29 is 33.0 Å². The zero-order valence-corrected chi connectivity index (χ0v) is 23.2. The molecule has 0 atom stereocenters. The summed E-state index contributed by atoms with van der Waals surface area (Å²) >= 11 is 0. The maximum Gasteiger partial charge on any atom is 0.307 e. The first-order chi connectivity index (χ1) is 19.1. The predicted octanol–water partition coefficient (Wildman–Crippen LogP) is 5.76. The number of hydrogen-bond donors (Lipinski definition) is 1. The molecule has 1 amide bonds. The quantitative estimate of drug-likeness (QED) is 0.438. The number of benzene rings is 3. The van der Waals surface area contributed by atoms with E-state index in [0.29, 0.717) is 61.6 Å². The Hall–Kier alpha value is -3.94. The van der Waals surface area contributed by atoms with Crippen molar-refractivity contribution in [3.8, 4) is 22.6 Å². The van der Waals surface area contributed by atoms with Crippen molar-refractivity contribution in [2.24, 2.45) is 0 Å². The topological polar surface area (TPSA) is 76.1 Å². The van der Waals surface area contributed by atoms with Gasteiger partial charge in [0.2, 0.25) is 0 Å². The summed E-state index contributed by atoms with van der Waals surface area (Å²) < 4.78 is 40.3. The lowest BCUT2D eigenvalue weighted by Gasteiger charge is -2.26. The fraction of sp³-hybridized carbons (Fsp3) is 0.375.